The van der Waals surface area contributed by atoms with Crippen LogP contribution in [0.15, 0.2) is 24.3 Å². The van der Waals surface area contributed by atoms with Crippen LogP contribution in [0.5, 0.6) is 0 Å². The van der Waals surface area contributed by atoms with Crippen molar-refractivity contribution in [3.63, 3.8) is 0 Å². The number of halogens is 1. The second-order valence-electron chi connectivity index (χ2n) is 4.48. The molecule has 0 spiro atoms. The minimum atomic E-state index is -0.283. The van der Waals surface area contributed by atoms with Gasteiger partial charge < -0.3 is 0 Å². The number of aryl methyl sites for hydroxylation is 1. The molecule has 0 aliphatic carbocycles. The molecule has 0 unspecified atom stereocenters. The highest BCUT2D eigenvalue weighted by Gasteiger charge is 2.10. The molecule has 116 valence electrons. The summed E-state index contributed by atoms with van der Waals surface area (Å²) in [7, 11) is 0. The van der Waals surface area contributed by atoms with Gasteiger partial charge in [-0.25, -0.2) is 0 Å². The zero-order valence-electron chi connectivity index (χ0n) is 11.9. The summed E-state index contributed by atoms with van der Waals surface area (Å²) in [6.07, 6.45) is 2.03. The number of carbonyl (C=O) groups is 1. The number of amides is 1. The van der Waals surface area contributed by atoms with Gasteiger partial charge in [-0.15, -0.1) is 5.10 Å². The Hall–Kier alpha value is -1.62. The maximum atomic E-state index is 12.0. The van der Waals surface area contributed by atoms with Crippen molar-refractivity contribution >= 4 is 51.8 Å². The van der Waals surface area contributed by atoms with Gasteiger partial charge in [-0.1, -0.05) is 24.5 Å². The first-order valence-corrected chi connectivity index (χ1v) is 8.23. The molecule has 2 N–H and O–H groups in total. The molecular formula is C13H15IN6OS. The second-order valence-corrected chi connectivity index (χ2v) is 6.13. The highest BCUT2D eigenvalue weighted by Crippen LogP contribution is 2.07. The lowest BCUT2D eigenvalue weighted by molar-refractivity contribution is 0.0977. The summed E-state index contributed by atoms with van der Waals surface area (Å²) in [5.41, 5.74) is 0.538. The molecule has 0 atom stereocenters. The van der Waals surface area contributed by atoms with E-state index >= 15 is 0 Å². The highest BCUT2D eigenvalue weighted by molar-refractivity contribution is 14.1. The van der Waals surface area contributed by atoms with Gasteiger partial charge in [0.1, 0.15) is 0 Å². The number of hydrogen-bond donors (Lipinski definition) is 2. The predicted octanol–water partition coefficient (Wildman–Crippen LogP) is 2.20. The van der Waals surface area contributed by atoms with E-state index in [0.717, 1.165) is 16.4 Å². The summed E-state index contributed by atoms with van der Waals surface area (Å²) in [5, 5.41) is 17.3. The van der Waals surface area contributed by atoms with Crippen LogP contribution in [0, 0.1) is 3.57 Å². The minimum Gasteiger partial charge on any atom is -0.299 e. The number of nitrogens with zero attached hydrogens (tertiary/aromatic N) is 4. The van der Waals surface area contributed by atoms with Gasteiger partial charge >= 0.3 is 0 Å². The van der Waals surface area contributed by atoms with Gasteiger partial charge in [0.15, 0.2) is 5.11 Å². The molecule has 2 rings (SSSR count). The molecule has 9 heteroatoms. The molecule has 0 saturated carbocycles. The van der Waals surface area contributed by atoms with Crippen molar-refractivity contribution in [2.24, 2.45) is 0 Å². The lowest BCUT2D eigenvalue weighted by Crippen LogP contribution is -2.34. The van der Waals surface area contributed by atoms with Crippen LogP contribution < -0.4 is 10.6 Å². The number of aromatic nitrogens is 4. The van der Waals surface area contributed by atoms with Crippen LogP contribution in [-0.4, -0.2) is 31.2 Å². The van der Waals surface area contributed by atoms with E-state index in [9.17, 15) is 4.79 Å². The first-order chi connectivity index (χ1) is 10.6. The molecule has 0 radical (unpaired) electrons. The van der Waals surface area contributed by atoms with Crippen molar-refractivity contribution in [3.8, 4) is 0 Å². The zero-order valence-corrected chi connectivity index (χ0v) is 14.9. The van der Waals surface area contributed by atoms with Crippen LogP contribution >= 0.6 is 34.8 Å². The van der Waals surface area contributed by atoms with E-state index in [0.29, 0.717) is 12.1 Å². The van der Waals surface area contributed by atoms with E-state index in [2.05, 4.69) is 55.6 Å². The smallest absolute Gasteiger partial charge is 0.269 e. The van der Waals surface area contributed by atoms with Crippen LogP contribution in [0.1, 0.15) is 30.1 Å². The molecule has 1 heterocycles. The Bertz CT molecular complexity index is 674. The third kappa shape index (κ3) is 4.98. The molecule has 0 aliphatic rings. The average Bonchev–Trinajstić information content (AvgIpc) is 2.92. The van der Waals surface area contributed by atoms with Gasteiger partial charge in [-0.2, -0.15) is 4.80 Å². The summed E-state index contributed by atoms with van der Waals surface area (Å²) in [6.45, 7) is 2.79. The Labute approximate surface area is 147 Å². The van der Waals surface area contributed by atoms with Gasteiger partial charge in [0.05, 0.1) is 6.54 Å². The van der Waals surface area contributed by atoms with Crippen molar-refractivity contribution in [1.82, 2.24) is 25.5 Å². The Morgan fingerprint density at radius 3 is 3.00 bits per heavy atom. The summed E-state index contributed by atoms with van der Waals surface area (Å²) in [5.74, 6) is -0.0153. The van der Waals surface area contributed by atoms with Crippen molar-refractivity contribution < 1.29 is 4.79 Å². The number of anilines is 1. The quantitative estimate of drug-likeness (QED) is 0.559. The monoisotopic (exact) mass is 430 g/mol. The Kier molecular flexibility index (Phi) is 6.19. The zero-order chi connectivity index (χ0) is 15.9. The van der Waals surface area contributed by atoms with Crippen molar-refractivity contribution in [2.75, 3.05) is 5.32 Å². The fourth-order valence-electron chi connectivity index (χ4n) is 1.63. The SMILES string of the molecule is CCCCn1nnc(NC(=S)NC(=O)c2cccc(I)c2)n1. The molecule has 0 saturated heterocycles. The van der Waals surface area contributed by atoms with E-state index < -0.39 is 0 Å². The maximum Gasteiger partial charge on any atom is 0.269 e. The molecule has 2 aromatic rings. The maximum absolute atomic E-state index is 12.0. The first kappa shape index (κ1) is 16.7. The van der Waals surface area contributed by atoms with E-state index in [1.165, 1.54) is 4.80 Å². The Balaban J connectivity index is 1.89. The van der Waals surface area contributed by atoms with E-state index in [-0.39, 0.29) is 17.0 Å². The summed E-state index contributed by atoms with van der Waals surface area (Å²) in [6, 6.07) is 7.22. The highest BCUT2D eigenvalue weighted by atomic mass is 127. The molecule has 1 aromatic heterocycles. The lowest BCUT2D eigenvalue weighted by atomic mass is 10.2. The van der Waals surface area contributed by atoms with Gasteiger partial charge in [0, 0.05) is 9.13 Å². The number of carbonyl (C=O) groups excluding carboxylic acids is 1. The van der Waals surface area contributed by atoms with E-state index in [1.807, 2.05) is 12.1 Å². The molecule has 0 aliphatic heterocycles. The van der Waals surface area contributed by atoms with Crippen LogP contribution in [0.3, 0.4) is 0 Å². The van der Waals surface area contributed by atoms with E-state index in [1.54, 1.807) is 12.1 Å². The van der Waals surface area contributed by atoms with Crippen LogP contribution in [0.25, 0.3) is 0 Å². The van der Waals surface area contributed by atoms with Gasteiger partial charge in [-0.3, -0.25) is 15.4 Å². The van der Waals surface area contributed by atoms with Crippen LogP contribution in [0.4, 0.5) is 5.95 Å². The number of thiocarbonyl (C=S) groups is 1. The number of rotatable bonds is 5. The molecule has 1 aromatic carbocycles. The predicted molar refractivity (Wildman–Crippen MR) is 95.6 cm³/mol. The molecular weight excluding hydrogens is 415 g/mol. The average molecular weight is 430 g/mol. The van der Waals surface area contributed by atoms with Gasteiger partial charge in [-0.05, 0) is 64.6 Å². The summed E-state index contributed by atoms with van der Waals surface area (Å²) in [4.78, 5) is 13.5. The summed E-state index contributed by atoms with van der Waals surface area (Å²) >= 11 is 7.23. The Morgan fingerprint density at radius 1 is 1.45 bits per heavy atom. The number of nitrogens with one attached hydrogen (secondary N) is 2. The van der Waals surface area contributed by atoms with Crippen LogP contribution in [-0.2, 0) is 6.54 Å². The number of benzene rings is 1. The third-order valence-electron chi connectivity index (χ3n) is 2.70. The fourth-order valence-corrected chi connectivity index (χ4v) is 2.35. The van der Waals surface area contributed by atoms with Gasteiger partial charge in [0.2, 0.25) is 0 Å². The first-order valence-electron chi connectivity index (χ1n) is 6.74. The lowest BCUT2D eigenvalue weighted by Gasteiger charge is -2.06. The van der Waals surface area contributed by atoms with E-state index in [4.69, 9.17) is 12.2 Å². The largest absolute Gasteiger partial charge is 0.299 e. The molecule has 22 heavy (non-hydrogen) atoms. The Morgan fingerprint density at radius 2 is 2.27 bits per heavy atom. The van der Waals surface area contributed by atoms with Gasteiger partial charge in [0.25, 0.3) is 11.9 Å². The van der Waals surface area contributed by atoms with Crippen molar-refractivity contribution in [2.45, 2.75) is 26.3 Å². The minimum absolute atomic E-state index is 0.138. The fraction of sp³-hybridized carbons (Fsp3) is 0.308. The molecule has 0 bridgehead atoms. The third-order valence-corrected chi connectivity index (χ3v) is 3.58. The number of unbranched alkanes of at least 4 members (excludes halogenated alkanes) is 1. The molecule has 7 nitrogen and oxygen atoms in total. The van der Waals surface area contributed by atoms with Crippen LogP contribution in [0.2, 0.25) is 0 Å². The topological polar surface area (TPSA) is 84.7 Å². The summed E-state index contributed by atoms with van der Waals surface area (Å²) < 4.78 is 0.977. The number of hydrogen-bond acceptors (Lipinski definition) is 5. The number of tetrazole rings is 1. The molecule has 0 fully saturated rings. The van der Waals surface area contributed by atoms with Crippen molar-refractivity contribution in [1.29, 1.82) is 0 Å². The second kappa shape index (κ2) is 8.13. The normalized spacial score (nSPS) is 10.3. The van der Waals surface area contributed by atoms with Crippen molar-refractivity contribution in [3.05, 3.63) is 33.4 Å². The molecule has 1 amide bonds. The standard InChI is InChI=1S/C13H15IN6OS/c1-2-3-7-20-18-12(17-19-20)16-13(22)15-11(21)9-5-4-6-10(14)8-9/h4-6,8H,2-3,7H2,1H3,(H2,15,16,18,21,22).